The lowest BCUT2D eigenvalue weighted by molar-refractivity contribution is 0.359. The van der Waals surface area contributed by atoms with E-state index in [4.69, 9.17) is 0 Å². The van der Waals surface area contributed by atoms with E-state index in [-0.39, 0.29) is 0 Å². The molecule has 1 saturated carbocycles. The third-order valence-corrected chi connectivity index (χ3v) is 3.33. The van der Waals surface area contributed by atoms with Crippen molar-refractivity contribution in [2.45, 2.75) is 39.3 Å². The van der Waals surface area contributed by atoms with Crippen LogP contribution in [0.4, 0.5) is 0 Å². The Morgan fingerprint density at radius 3 is 2.38 bits per heavy atom. The molecule has 0 saturated heterocycles. The molecule has 2 nitrogen and oxygen atoms in total. The summed E-state index contributed by atoms with van der Waals surface area (Å²) in [6.07, 6.45) is 2.76. The van der Waals surface area contributed by atoms with E-state index in [9.17, 15) is 5.11 Å². The van der Waals surface area contributed by atoms with E-state index in [2.05, 4.69) is 19.2 Å². The zero-order valence-electron chi connectivity index (χ0n) is 10.1. The molecule has 1 atom stereocenters. The van der Waals surface area contributed by atoms with Crippen molar-refractivity contribution >= 4 is 0 Å². The van der Waals surface area contributed by atoms with Gasteiger partial charge in [-0.1, -0.05) is 26.0 Å². The van der Waals surface area contributed by atoms with Gasteiger partial charge in [0.2, 0.25) is 0 Å². The molecule has 88 valence electrons. The molecular weight excluding hydrogens is 198 g/mol. The maximum absolute atomic E-state index is 9.20. The van der Waals surface area contributed by atoms with Crippen molar-refractivity contribution in [3.8, 4) is 5.75 Å². The van der Waals surface area contributed by atoms with Crippen molar-refractivity contribution in [2.75, 3.05) is 0 Å². The fourth-order valence-electron chi connectivity index (χ4n) is 2.25. The monoisotopic (exact) mass is 219 g/mol. The van der Waals surface area contributed by atoms with Crippen LogP contribution in [0.2, 0.25) is 0 Å². The largest absolute Gasteiger partial charge is 0.508 e. The molecule has 1 unspecified atom stereocenters. The van der Waals surface area contributed by atoms with Crippen LogP contribution in [0.5, 0.6) is 5.75 Å². The van der Waals surface area contributed by atoms with Crippen LogP contribution < -0.4 is 5.32 Å². The minimum Gasteiger partial charge on any atom is -0.508 e. The van der Waals surface area contributed by atoms with Crippen LogP contribution in [0.25, 0.3) is 0 Å². The summed E-state index contributed by atoms with van der Waals surface area (Å²) in [6, 6.07) is 8.10. The summed E-state index contributed by atoms with van der Waals surface area (Å²) in [5, 5.41) is 12.8. The Morgan fingerprint density at radius 1 is 1.25 bits per heavy atom. The summed E-state index contributed by atoms with van der Waals surface area (Å²) in [5.41, 5.74) is 1.24. The molecule has 1 aromatic rings. The quantitative estimate of drug-likeness (QED) is 0.798. The van der Waals surface area contributed by atoms with Crippen molar-refractivity contribution in [1.82, 2.24) is 5.32 Å². The molecule has 1 aliphatic rings. The number of rotatable bonds is 5. The minimum absolute atomic E-state index is 0.339. The highest BCUT2D eigenvalue weighted by Crippen LogP contribution is 2.35. The molecule has 2 rings (SSSR count). The van der Waals surface area contributed by atoms with Crippen molar-refractivity contribution in [2.24, 2.45) is 11.8 Å². The Balaban J connectivity index is 1.87. The number of hydrogen-bond acceptors (Lipinski definition) is 2. The van der Waals surface area contributed by atoms with Gasteiger partial charge in [-0.15, -0.1) is 0 Å². The Morgan fingerprint density at radius 2 is 1.88 bits per heavy atom. The lowest BCUT2D eigenvalue weighted by atomic mass is 9.99. The van der Waals surface area contributed by atoms with Crippen LogP contribution in [0.15, 0.2) is 24.3 Å². The Labute approximate surface area is 97.7 Å². The number of benzene rings is 1. The lowest BCUT2D eigenvalue weighted by Crippen LogP contribution is -2.35. The number of phenolic OH excluding ortho intramolecular Hbond substituents is 1. The van der Waals surface area contributed by atoms with Gasteiger partial charge in [0.25, 0.3) is 0 Å². The fourth-order valence-corrected chi connectivity index (χ4v) is 2.25. The van der Waals surface area contributed by atoms with Gasteiger partial charge in [0.1, 0.15) is 5.75 Å². The van der Waals surface area contributed by atoms with Gasteiger partial charge in [-0.3, -0.25) is 0 Å². The van der Waals surface area contributed by atoms with Gasteiger partial charge in [0, 0.05) is 12.6 Å². The highest BCUT2D eigenvalue weighted by molar-refractivity contribution is 5.25. The first-order chi connectivity index (χ1) is 7.66. The lowest BCUT2D eigenvalue weighted by Gasteiger charge is -2.22. The third-order valence-electron chi connectivity index (χ3n) is 3.33. The Hall–Kier alpha value is -1.02. The first-order valence-corrected chi connectivity index (χ1v) is 6.18. The second-order valence-electron chi connectivity index (χ2n) is 5.15. The minimum atomic E-state index is 0.339. The first kappa shape index (κ1) is 11.5. The van der Waals surface area contributed by atoms with Crippen molar-refractivity contribution in [3.05, 3.63) is 29.8 Å². The number of phenols is 1. The Kier molecular flexibility index (Phi) is 3.49. The SMILES string of the molecule is CC(C)C(NCc1ccc(O)cc1)C1CC1. The van der Waals surface area contributed by atoms with E-state index in [1.165, 1.54) is 18.4 Å². The van der Waals surface area contributed by atoms with Gasteiger partial charge in [0.05, 0.1) is 0 Å². The third kappa shape index (κ3) is 2.99. The summed E-state index contributed by atoms with van der Waals surface area (Å²) >= 11 is 0. The van der Waals surface area contributed by atoms with Crippen LogP contribution >= 0.6 is 0 Å². The zero-order chi connectivity index (χ0) is 11.5. The number of aromatic hydroxyl groups is 1. The van der Waals surface area contributed by atoms with Crippen LogP contribution in [0.1, 0.15) is 32.3 Å². The van der Waals surface area contributed by atoms with Gasteiger partial charge < -0.3 is 10.4 Å². The normalized spacial score (nSPS) is 17.7. The number of hydrogen-bond donors (Lipinski definition) is 2. The maximum Gasteiger partial charge on any atom is 0.115 e. The zero-order valence-corrected chi connectivity index (χ0v) is 10.1. The van der Waals surface area contributed by atoms with Crippen LogP contribution in [-0.2, 0) is 6.54 Å². The predicted octanol–water partition coefficient (Wildman–Crippen LogP) is 2.92. The highest BCUT2D eigenvalue weighted by atomic mass is 16.3. The molecule has 0 radical (unpaired) electrons. The van der Waals surface area contributed by atoms with Gasteiger partial charge in [0.15, 0.2) is 0 Å². The van der Waals surface area contributed by atoms with Crippen molar-refractivity contribution in [3.63, 3.8) is 0 Å². The molecule has 0 aromatic heterocycles. The van der Waals surface area contributed by atoms with Gasteiger partial charge in [-0.2, -0.15) is 0 Å². The molecule has 0 spiro atoms. The second-order valence-corrected chi connectivity index (χ2v) is 5.15. The molecule has 1 fully saturated rings. The highest BCUT2D eigenvalue weighted by Gasteiger charge is 2.32. The van der Waals surface area contributed by atoms with Gasteiger partial charge >= 0.3 is 0 Å². The Bertz CT molecular complexity index is 325. The summed E-state index contributed by atoms with van der Waals surface area (Å²) in [4.78, 5) is 0. The second kappa shape index (κ2) is 4.88. The van der Waals surface area contributed by atoms with Crippen molar-refractivity contribution < 1.29 is 5.11 Å². The number of nitrogens with one attached hydrogen (secondary N) is 1. The molecule has 0 heterocycles. The topological polar surface area (TPSA) is 32.3 Å². The van der Waals surface area contributed by atoms with Crippen molar-refractivity contribution in [1.29, 1.82) is 0 Å². The summed E-state index contributed by atoms with van der Waals surface area (Å²) in [7, 11) is 0. The summed E-state index contributed by atoms with van der Waals surface area (Å²) in [6.45, 7) is 5.47. The predicted molar refractivity (Wildman–Crippen MR) is 66.3 cm³/mol. The van der Waals surface area contributed by atoms with Gasteiger partial charge in [-0.25, -0.2) is 0 Å². The molecule has 0 amide bonds. The summed E-state index contributed by atoms with van der Waals surface area (Å²) in [5.74, 6) is 1.92. The summed E-state index contributed by atoms with van der Waals surface area (Å²) < 4.78 is 0. The molecule has 0 aliphatic heterocycles. The van der Waals surface area contributed by atoms with Crippen LogP contribution in [0, 0.1) is 11.8 Å². The van der Waals surface area contributed by atoms with Crippen LogP contribution in [0.3, 0.4) is 0 Å². The van der Waals surface area contributed by atoms with E-state index in [0.29, 0.717) is 17.7 Å². The molecule has 1 aliphatic carbocycles. The van der Waals surface area contributed by atoms with E-state index >= 15 is 0 Å². The fraction of sp³-hybridized carbons (Fsp3) is 0.571. The van der Waals surface area contributed by atoms with E-state index in [0.717, 1.165) is 12.5 Å². The maximum atomic E-state index is 9.20. The molecular formula is C14H21NO. The van der Waals surface area contributed by atoms with E-state index in [1.807, 2.05) is 12.1 Å². The van der Waals surface area contributed by atoms with Crippen LogP contribution in [-0.4, -0.2) is 11.1 Å². The average Bonchev–Trinajstić information content (AvgIpc) is 3.05. The first-order valence-electron chi connectivity index (χ1n) is 6.18. The molecule has 2 N–H and O–H groups in total. The van der Waals surface area contributed by atoms with Gasteiger partial charge in [-0.05, 0) is 42.4 Å². The standard InChI is InChI=1S/C14H21NO/c1-10(2)14(12-5-6-12)15-9-11-3-7-13(16)8-4-11/h3-4,7-8,10,12,14-16H,5-6,9H2,1-2H3. The average molecular weight is 219 g/mol. The van der Waals surface area contributed by atoms with E-state index in [1.54, 1.807) is 12.1 Å². The molecule has 16 heavy (non-hydrogen) atoms. The van der Waals surface area contributed by atoms with E-state index < -0.39 is 0 Å². The molecule has 1 aromatic carbocycles. The molecule has 0 bridgehead atoms. The molecule has 2 heteroatoms. The smallest absolute Gasteiger partial charge is 0.115 e.